The van der Waals surface area contributed by atoms with Crippen molar-refractivity contribution >= 4 is 40.2 Å². The zero-order chi connectivity index (χ0) is 33.5. The van der Waals surface area contributed by atoms with Crippen molar-refractivity contribution < 1.29 is 43.1 Å². The van der Waals surface area contributed by atoms with Crippen molar-refractivity contribution in [2.24, 2.45) is 17.8 Å². The summed E-state index contributed by atoms with van der Waals surface area (Å²) in [5.41, 5.74) is 5.44. The number of hydrogen-bond acceptors (Lipinski definition) is 10. The van der Waals surface area contributed by atoms with Gasteiger partial charge in [-0.1, -0.05) is 56.0 Å². The molecular formula is C36H38INO9. The van der Waals surface area contributed by atoms with Crippen LogP contribution in [0.15, 0.2) is 77.9 Å². The fourth-order valence-corrected chi connectivity index (χ4v) is 9.14. The zero-order valence-electron chi connectivity index (χ0n) is 26.7. The van der Waals surface area contributed by atoms with Crippen LogP contribution in [0.5, 0.6) is 11.5 Å². The maximum atomic E-state index is 13.8. The van der Waals surface area contributed by atoms with E-state index in [1.54, 1.807) is 13.0 Å². The van der Waals surface area contributed by atoms with Crippen LogP contribution in [0.2, 0.25) is 0 Å². The molecule has 3 N–H and O–H groups in total. The Morgan fingerprint density at radius 1 is 1.19 bits per heavy atom. The summed E-state index contributed by atoms with van der Waals surface area (Å²) in [4.78, 5) is 26.7. The summed E-state index contributed by atoms with van der Waals surface area (Å²) in [7, 11) is 1.47. The molecule has 2 aromatic rings. The molecule has 0 aromatic heterocycles. The number of carbonyl (C=O) groups excluding carboxylic acids is 2. The maximum absolute atomic E-state index is 13.8. The van der Waals surface area contributed by atoms with Gasteiger partial charge < -0.3 is 39.3 Å². The number of nitrogens with two attached hydrogens (primary N) is 1. The molecule has 3 fully saturated rings. The summed E-state index contributed by atoms with van der Waals surface area (Å²) < 4.78 is 37.8. The summed E-state index contributed by atoms with van der Waals surface area (Å²) >= 11 is 2.02. The van der Waals surface area contributed by atoms with Crippen molar-refractivity contribution in [3.63, 3.8) is 0 Å². The van der Waals surface area contributed by atoms with Gasteiger partial charge in [0.25, 0.3) is 5.97 Å². The molecule has 248 valence electrons. The Morgan fingerprint density at radius 2 is 1.94 bits per heavy atom. The number of nitrogen functional groups attached to an aromatic ring is 1. The highest BCUT2D eigenvalue weighted by molar-refractivity contribution is 14.1. The number of rotatable bonds is 7. The van der Waals surface area contributed by atoms with Gasteiger partial charge in [0.05, 0.1) is 24.8 Å². The van der Waals surface area contributed by atoms with Gasteiger partial charge in [0, 0.05) is 27.9 Å². The number of hydrogen-bond donors (Lipinski definition) is 2. The third-order valence-electron chi connectivity index (χ3n) is 10.6. The molecule has 1 saturated carbocycles. The fourth-order valence-electron chi connectivity index (χ4n) is 8.56. The van der Waals surface area contributed by atoms with Gasteiger partial charge >= 0.3 is 6.16 Å². The van der Waals surface area contributed by atoms with E-state index >= 15 is 0 Å². The number of ketones is 1. The second kappa shape index (κ2) is 11.2. The minimum absolute atomic E-state index is 0.0567. The van der Waals surface area contributed by atoms with Crippen molar-refractivity contribution in [1.82, 2.24) is 0 Å². The normalized spacial score (nSPS) is 36.5. The third kappa shape index (κ3) is 4.79. The predicted molar refractivity (Wildman–Crippen MR) is 179 cm³/mol. The zero-order valence-corrected chi connectivity index (χ0v) is 28.9. The highest BCUT2D eigenvalue weighted by Gasteiger charge is 2.79. The van der Waals surface area contributed by atoms with Crippen LogP contribution in [0.3, 0.4) is 0 Å². The molecule has 7 rings (SSSR count). The van der Waals surface area contributed by atoms with Crippen LogP contribution >= 0.6 is 22.6 Å². The van der Waals surface area contributed by atoms with Gasteiger partial charge in [-0.25, -0.2) is 4.79 Å². The average molecular weight is 756 g/mol. The minimum atomic E-state index is -1.83. The lowest BCUT2D eigenvalue weighted by atomic mass is 9.55. The highest BCUT2D eigenvalue weighted by Crippen LogP contribution is 2.68. The molecule has 3 bridgehead atoms. The Balaban J connectivity index is 1.26. The molecule has 2 saturated heterocycles. The Bertz CT molecular complexity index is 1740. The summed E-state index contributed by atoms with van der Waals surface area (Å²) in [6.07, 6.45) is 3.09. The van der Waals surface area contributed by atoms with Crippen LogP contribution in [0.4, 0.5) is 10.5 Å². The maximum Gasteiger partial charge on any atom is 0.514 e. The molecule has 0 spiro atoms. The van der Waals surface area contributed by atoms with E-state index in [-0.39, 0.29) is 30.5 Å². The first-order chi connectivity index (χ1) is 22.3. The van der Waals surface area contributed by atoms with Crippen LogP contribution in [-0.2, 0) is 30.2 Å². The number of Topliss-reactive ketones (excluding diaryl/α,β-unsaturated/α-hetero) is 1. The molecule has 2 aromatic carbocycles. The van der Waals surface area contributed by atoms with Crippen molar-refractivity contribution in [3.8, 4) is 11.5 Å². The van der Waals surface area contributed by atoms with Crippen LogP contribution in [-0.4, -0.2) is 59.6 Å². The van der Waals surface area contributed by atoms with Gasteiger partial charge in [-0.05, 0) is 77.1 Å². The van der Waals surface area contributed by atoms with Crippen LogP contribution in [0, 0.1) is 21.3 Å². The van der Waals surface area contributed by atoms with E-state index in [9.17, 15) is 14.7 Å². The first-order valence-electron chi connectivity index (χ1n) is 15.7. The molecule has 47 heavy (non-hydrogen) atoms. The number of benzene rings is 2. The predicted octanol–water partition coefficient (Wildman–Crippen LogP) is 5.66. The van der Waals surface area contributed by atoms with Crippen molar-refractivity contribution in [1.29, 1.82) is 0 Å². The molecule has 0 unspecified atom stereocenters. The van der Waals surface area contributed by atoms with Crippen molar-refractivity contribution in [3.05, 3.63) is 87.0 Å². The number of halogens is 1. The molecule has 2 aliphatic heterocycles. The second-order valence-electron chi connectivity index (χ2n) is 13.5. The molecule has 11 heteroatoms. The van der Waals surface area contributed by atoms with Gasteiger partial charge in [-0.2, -0.15) is 0 Å². The quantitative estimate of drug-likeness (QED) is 0.120. The van der Waals surface area contributed by atoms with E-state index in [1.807, 2.05) is 72.0 Å². The fraction of sp³-hybridized carbons (Fsp3) is 0.444. The summed E-state index contributed by atoms with van der Waals surface area (Å²) in [6.45, 7) is 9.85. The van der Waals surface area contributed by atoms with Crippen molar-refractivity contribution in [2.45, 2.75) is 68.9 Å². The van der Waals surface area contributed by atoms with Crippen molar-refractivity contribution in [2.75, 3.05) is 19.5 Å². The van der Waals surface area contributed by atoms with Crippen LogP contribution in [0.25, 0.3) is 0 Å². The minimum Gasteiger partial charge on any atom is -0.494 e. The molecule has 3 aliphatic carbocycles. The van der Waals surface area contributed by atoms with E-state index in [4.69, 9.17) is 34.2 Å². The molecule has 0 radical (unpaired) electrons. The Morgan fingerprint density at radius 3 is 2.64 bits per heavy atom. The van der Waals surface area contributed by atoms with Gasteiger partial charge in [0.2, 0.25) is 0 Å². The van der Waals surface area contributed by atoms with E-state index < -0.39 is 46.9 Å². The third-order valence-corrected chi connectivity index (χ3v) is 11.5. The molecule has 5 aliphatic rings. The number of ether oxygens (including phenoxy) is 6. The molecule has 8 atom stereocenters. The summed E-state index contributed by atoms with van der Waals surface area (Å²) in [5, 5.41) is 12.4. The molecule has 10 nitrogen and oxygen atoms in total. The van der Waals surface area contributed by atoms with E-state index in [0.717, 1.165) is 11.1 Å². The number of carbonyl (C=O) groups is 2. The lowest BCUT2D eigenvalue weighted by molar-refractivity contribution is -0.421. The van der Waals surface area contributed by atoms with Gasteiger partial charge in [-0.3, -0.25) is 4.79 Å². The number of methoxy groups -OCH3 is 1. The standard InChI is InChI=1S/C36H38INO9/c1-19(2)34-15-21(4)36-25(31(34)45-35(46-34,47-36)17-22-9-7-6-8-10-22)12-23(16-33(41)28(36)11-20(3)30(33)39)18-43-32(40)44-24-13-26(37)29(38)27(14-24)42-5/h6-14,21,25,28,31,41H,1,15-18,38H2,2-5H3/t21-,25+,28-,31-,33-,34-,35-,36-/m1/s1. The highest BCUT2D eigenvalue weighted by atomic mass is 127. The van der Waals surface area contributed by atoms with Crippen LogP contribution < -0.4 is 15.2 Å². The van der Waals surface area contributed by atoms with Gasteiger partial charge in [-0.15, -0.1) is 0 Å². The SMILES string of the molecule is C=C(C)[C@]12C[C@@H](C)[C@@]34O[C@](Cc5ccccc5)(O[C@@H]1[C@@H]3C=C(COC(=O)Oc1cc(I)c(N)c(OC)c1)C[C@]1(O)C(=O)C(C)=C[C@@H]41)O2. The average Bonchev–Trinajstić information content (AvgIpc) is 3.33. The first-order valence-corrected chi connectivity index (χ1v) is 16.8. The van der Waals surface area contributed by atoms with E-state index in [1.165, 1.54) is 13.2 Å². The lowest BCUT2D eigenvalue weighted by Crippen LogP contribution is -2.70. The lowest BCUT2D eigenvalue weighted by Gasteiger charge is -2.59. The molecule has 0 amide bonds. The monoisotopic (exact) mass is 755 g/mol. The Labute approximate surface area is 287 Å². The smallest absolute Gasteiger partial charge is 0.494 e. The largest absolute Gasteiger partial charge is 0.514 e. The summed E-state index contributed by atoms with van der Waals surface area (Å²) in [5.74, 6) is -2.64. The van der Waals surface area contributed by atoms with Gasteiger partial charge in [0.15, 0.2) is 5.78 Å². The number of fused-ring (bicyclic) bond motifs is 2. The van der Waals surface area contributed by atoms with E-state index in [2.05, 4.69) is 13.5 Å². The number of anilines is 1. The summed E-state index contributed by atoms with van der Waals surface area (Å²) in [6, 6.07) is 12.9. The first kappa shape index (κ1) is 32.3. The molecular weight excluding hydrogens is 717 g/mol. The number of aliphatic hydroxyl groups is 1. The topological polar surface area (TPSA) is 136 Å². The van der Waals surface area contributed by atoms with E-state index in [0.29, 0.717) is 39.0 Å². The van der Waals surface area contributed by atoms with Crippen LogP contribution in [0.1, 0.15) is 39.2 Å². The van der Waals surface area contributed by atoms with Gasteiger partial charge in [0.1, 0.15) is 35.4 Å². The second-order valence-corrected chi connectivity index (χ2v) is 14.6. The Hall–Kier alpha value is -3.23. The molecule has 2 heterocycles. The Kier molecular flexibility index (Phi) is 7.68.